The molecule has 0 aromatic carbocycles. The highest BCUT2D eigenvalue weighted by atomic mass is 32.1. The molecule has 0 aliphatic carbocycles. The number of nitrogens with one attached hydrogen (secondary N) is 1. The maximum absolute atomic E-state index is 12.1. The lowest BCUT2D eigenvalue weighted by molar-refractivity contribution is -0.131. The number of carbonyl (C=O) groups is 1. The van der Waals surface area contributed by atoms with E-state index in [1.807, 2.05) is 24.3 Å². The van der Waals surface area contributed by atoms with Crippen molar-refractivity contribution in [2.45, 2.75) is 32.2 Å². The first-order valence-corrected chi connectivity index (χ1v) is 6.93. The van der Waals surface area contributed by atoms with Crippen LogP contribution in [0.5, 0.6) is 0 Å². The van der Waals surface area contributed by atoms with E-state index in [0.29, 0.717) is 12.5 Å². The maximum Gasteiger partial charge on any atom is 0.228 e. The van der Waals surface area contributed by atoms with Gasteiger partial charge in [-0.3, -0.25) is 4.79 Å². The topological polar surface area (TPSA) is 45.2 Å². The second kappa shape index (κ2) is 5.60. The fourth-order valence-electron chi connectivity index (χ4n) is 2.20. The number of hydrogen-bond acceptors (Lipinski definition) is 4. The van der Waals surface area contributed by atoms with Gasteiger partial charge in [-0.05, 0) is 26.8 Å². The standard InChI is InChI=1S/C12H19N3OS/c1-9-14-11(8-17-9)6-12(16)15-5-3-4-10(7-15)13-2/h8,10,13H,3-7H2,1-2H3/t10-/m1/s1. The summed E-state index contributed by atoms with van der Waals surface area (Å²) in [4.78, 5) is 18.4. The number of thiazole rings is 1. The molecular weight excluding hydrogens is 234 g/mol. The summed E-state index contributed by atoms with van der Waals surface area (Å²) in [6.45, 7) is 3.69. The van der Waals surface area contributed by atoms with Crippen molar-refractivity contribution in [1.29, 1.82) is 0 Å². The molecule has 0 spiro atoms. The van der Waals surface area contributed by atoms with E-state index >= 15 is 0 Å². The second-order valence-corrected chi connectivity index (χ2v) is 5.56. The van der Waals surface area contributed by atoms with Crippen LogP contribution in [0.3, 0.4) is 0 Å². The third-order valence-electron chi connectivity index (χ3n) is 3.18. The van der Waals surface area contributed by atoms with Gasteiger partial charge in [-0.2, -0.15) is 0 Å². The Hall–Kier alpha value is -0.940. The van der Waals surface area contributed by atoms with E-state index in [1.54, 1.807) is 11.3 Å². The van der Waals surface area contributed by atoms with Crippen LogP contribution in [0, 0.1) is 6.92 Å². The van der Waals surface area contributed by atoms with E-state index in [4.69, 9.17) is 0 Å². The third kappa shape index (κ3) is 3.26. The molecule has 0 radical (unpaired) electrons. The molecule has 0 bridgehead atoms. The SMILES string of the molecule is CN[C@@H]1CCCN(C(=O)Cc2csc(C)n2)C1. The lowest BCUT2D eigenvalue weighted by atomic mass is 10.1. The quantitative estimate of drug-likeness (QED) is 0.880. The number of amides is 1. The van der Waals surface area contributed by atoms with Gasteiger partial charge in [0.15, 0.2) is 0 Å². The van der Waals surface area contributed by atoms with Crippen LogP contribution in [0.4, 0.5) is 0 Å². The number of nitrogens with zero attached hydrogens (tertiary/aromatic N) is 2. The van der Waals surface area contributed by atoms with Crippen molar-refractivity contribution in [2.75, 3.05) is 20.1 Å². The van der Waals surface area contributed by atoms with Crippen molar-refractivity contribution < 1.29 is 4.79 Å². The largest absolute Gasteiger partial charge is 0.341 e. The van der Waals surface area contributed by atoms with Crippen LogP contribution < -0.4 is 5.32 Å². The number of carbonyl (C=O) groups excluding carboxylic acids is 1. The zero-order valence-corrected chi connectivity index (χ0v) is 11.2. The number of aryl methyl sites for hydroxylation is 1. The molecule has 0 saturated carbocycles. The molecule has 2 rings (SSSR count). The lowest BCUT2D eigenvalue weighted by Gasteiger charge is -2.32. The minimum Gasteiger partial charge on any atom is -0.341 e. The highest BCUT2D eigenvalue weighted by Gasteiger charge is 2.22. The molecule has 1 aliphatic rings. The predicted octanol–water partition coefficient (Wildman–Crippen LogP) is 1.20. The highest BCUT2D eigenvalue weighted by Crippen LogP contribution is 2.13. The van der Waals surface area contributed by atoms with Gasteiger partial charge in [-0.15, -0.1) is 11.3 Å². The number of aromatic nitrogens is 1. The number of hydrogen-bond donors (Lipinski definition) is 1. The Morgan fingerprint density at radius 3 is 3.18 bits per heavy atom. The van der Waals surface area contributed by atoms with Crippen molar-refractivity contribution in [1.82, 2.24) is 15.2 Å². The fourth-order valence-corrected chi connectivity index (χ4v) is 2.81. The summed E-state index contributed by atoms with van der Waals surface area (Å²) in [5.41, 5.74) is 0.907. The van der Waals surface area contributed by atoms with Gasteiger partial charge in [0, 0.05) is 24.5 Å². The normalized spacial score (nSPS) is 20.6. The molecule has 1 aromatic heterocycles. The summed E-state index contributed by atoms with van der Waals surface area (Å²) in [5.74, 6) is 0.204. The van der Waals surface area contributed by atoms with Crippen LogP contribution in [0.1, 0.15) is 23.5 Å². The van der Waals surface area contributed by atoms with Crippen LogP contribution in [-0.4, -0.2) is 42.0 Å². The van der Waals surface area contributed by atoms with Crippen LogP contribution in [0.25, 0.3) is 0 Å². The molecule has 1 saturated heterocycles. The molecule has 1 aliphatic heterocycles. The van der Waals surface area contributed by atoms with Crippen molar-refractivity contribution in [3.05, 3.63) is 16.1 Å². The van der Waals surface area contributed by atoms with Gasteiger partial charge in [-0.1, -0.05) is 0 Å². The van der Waals surface area contributed by atoms with E-state index in [0.717, 1.165) is 36.6 Å². The van der Waals surface area contributed by atoms with Crippen molar-refractivity contribution in [2.24, 2.45) is 0 Å². The summed E-state index contributed by atoms with van der Waals surface area (Å²) in [5, 5.41) is 6.26. The first kappa shape index (κ1) is 12.5. The van der Waals surface area contributed by atoms with E-state index < -0.39 is 0 Å². The summed E-state index contributed by atoms with van der Waals surface area (Å²) < 4.78 is 0. The average molecular weight is 253 g/mol. The Morgan fingerprint density at radius 2 is 2.53 bits per heavy atom. The number of likely N-dealkylation sites (tertiary alicyclic amines) is 1. The maximum atomic E-state index is 12.1. The van der Waals surface area contributed by atoms with Gasteiger partial charge < -0.3 is 10.2 Å². The highest BCUT2D eigenvalue weighted by molar-refractivity contribution is 7.09. The molecule has 1 N–H and O–H groups in total. The van der Waals surface area contributed by atoms with Gasteiger partial charge >= 0.3 is 0 Å². The zero-order chi connectivity index (χ0) is 12.3. The molecule has 4 nitrogen and oxygen atoms in total. The van der Waals surface area contributed by atoms with E-state index in [9.17, 15) is 4.79 Å². The molecule has 1 fully saturated rings. The van der Waals surface area contributed by atoms with Crippen LogP contribution in [0.15, 0.2) is 5.38 Å². The van der Waals surface area contributed by atoms with Crippen LogP contribution >= 0.6 is 11.3 Å². The summed E-state index contributed by atoms with van der Waals surface area (Å²) in [6, 6.07) is 0.449. The monoisotopic (exact) mass is 253 g/mol. The Bertz CT molecular complexity index is 391. The molecule has 17 heavy (non-hydrogen) atoms. The van der Waals surface area contributed by atoms with Crippen LogP contribution in [0.2, 0.25) is 0 Å². The lowest BCUT2D eigenvalue weighted by Crippen LogP contribution is -2.47. The van der Waals surface area contributed by atoms with E-state index in [1.165, 1.54) is 0 Å². The van der Waals surface area contributed by atoms with Crippen molar-refractivity contribution >= 4 is 17.2 Å². The average Bonchev–Trinajstić information content (AvgIpc) is 2.75. The second-order valence-electron chi connectivity index (χ2n) is 4.50. The molecule has 1 amide bonds. The smallest absolute Gasteiger partial charge is 0.228 e. The fraction of sp³-hybridized carbons (Fsp3) is 0.667. The number of piperidine rings is 1. The van der Waals surface area contributed by atoms with Gasteiger partial charge in [0.1, 0.15) is 0 Å². The van der Waals surface area contributed by atoms with Gasteiger partial charge in [-0.25, -0.2) is 4.98 Å². The Kier molecular flexibility index (Phi) is 4.12. The molecule has 2 heterocycles. The van der Waals surface area contributed by atoms with E-state index in [2.05, 4.69) is 10.3 Å². The Labute approximate surface area is 106 Å². The first-order valence-electron chi connectivity index (χ1n) is 6.05. The molecule has 94 valence electrons. The molecule has 0 unspecified atom stereocenters. The molecule has 1 aromatic rings. The predicted molar refractivity (Wildman–Crippen MR) is 69.2 cm³/mol. The minimum absolute atomic E-state index is 0.204. The minimum atomic E-state index is 0.204. The van der Waals surface area contributed by atoms with Gasteiger partial charge in [0.25, 0.3) is 0 Å². The number of likely N-dealkylation sites (N-methyl/N-ethyl adjacent to an activating group) is 1. The molecule has 5 heteroatoms. The van der Waals surface area contributed by atoms with E-state index in [-0.39, 0.29) is 5.91 Å². The zero-order valence-electron chi connectivity index (χ0n) is 10.4. The summed E-state index contributed by atoms with van der Waals surface area (Å²) in [6.07, 6.45) is 2.70. The van der Waals surface area contributed by atoms with Crippen molar-refractivity contribution in [3.63, 3.8) is 0 Å². The van der Waals surface area contributed by atoms with Gasteiger partial charge in [0.05, 0.1) is 17.1 Å². The van der Waals surface area contributed by atoms with Gasteiger partial charge in [0.2, 0.25) is 5.91 Å². The summed E-state index contributed by atoms with van der Waals surface area (Å²) in [7, 11) is 1.96. The Balaban J connectivity index is 1.91. The molecule has 1 atom stereocenters. The van der Waals surface area contributed by atoms with Crippen molar-refractivity contribution in [3.8, 4) is 0 Å². The van der Waals surface area contributed by atoms with Crippen LogP contribution in [-0.2, 0) is 11.2 Å². The first-order chi connectivity index (χ1) is 8.19. The number of rotatable bonds is 3. The Morgan fingerprint density at radius 1 is 1.71 bits per heavy atom. The summed E-state index contributed by atoms with van der Waals surface area (Å²) >= 11 is 1.60. The third-order valence-corrected chi connectivity index (χ3v) is 4.00. The molecular formula is C12H19N3OS.